The lowest BCUT2D eigenvalue weighted by atomic mass is 9.99. The fourth-order valence-electron chi connectivity index (χ4n) is 3.32. The number of rotatable bonds is 5. The van der Waals surface area contributed by atoms with Crippen LogP contribution in [0.25, 0.3) is 0 Å². The van der Waals surface area contributed by atoms with Crippen LogP contribution in [0.5, 0.6) is 0 Å². The molecular weight excluding hydrogens is 324 g/mol. The molecule has 4 nitrogen and oxygen atoms in total. The van der Waals surface area contributed by atoms with Gasteiger partial charge >= 0.3 is 0 Å². The highest BCUT2D eigenvalue weighted by molar-refractivity contribution is 5.97. The molecule has 1 N–H and O–H groups in total. The molecule has 2 aromatic carbocycles. The van der Waals surface area contributed by atoms with E-state index >= 15 is 0 Å². The summed E-state index contributed by atoms with van der Waals surface area (Å²) in [6.07, 6.45) is 3.11. The van der Waals surface area contributed by atoms with Crippen molar-refractivity contribution in [3.05, 3.63) is 59.7 Å². The van der Waals surface area contributed by atoms with Crippen molar-refractivity contribution in [3.8, 4) is 0 Å². The number of fused-ring (bicyclic) bond motifs is 1. The minimum atomic E-state index is -0.0370. The van der Waals surface area contributed by atoms with Gasteiger partial charge in [-0.2, -0.15) is 0 Å². The molecule has 0 atom stereocenters. The average molecular weight is 350 g/mol. The molecule has 0 saturated heterocycles. The molecule has 0 spiro atoms. The van der Waals surface area contributed by atoms with Crippen LogP contribution < -0.4 is 10.2 Å². The van der Waals surface area contributed by atoms with E-state index in [4.69, 9.17) is 0 Å². The molecule has 26 heavy (non-hydrogen) atoms. The highest BCUT2D eigenvalue weighted by Gasteiger charge is 2.24. The summed E-state index contributed by atoms with van der Waals surface area (Å²) in [5.74, 6) is 0.0925. The Labute approximate surface area is 155 Å². The van der Waals surface area contributed by atoms with Crippen LogP contribution in [0.2, 0.25) is 0 Å². The van der Waals surface area contributed by atoms with Crippen LogP contribution in [0.4, 0.5) is 11.4 Å². The Morgan fingerprint density at radius 3 is 2.62 bits per heavy atom. The molecule has 3 rings (SSSR count). The van der Waals surface area contributed by atoms with Crippen LogP contribution in [-0.2, 0) is 22.4 Å². The van der Waals surface area contributed by atoms with E-state index in [1.54, 1.807) is 0 Å². The van der Waals surface area contributed by atoms with Crippen molar-refractivity contribution in [1.82, 2.24) is 0 Å². The van der Waals surface area contributed by atoms with Gasteiger partial charge in [-0.25, -0.2) is 0 Å². The van der Waals surface area contributed by atoms with Crippen molar-refractivity contribution in [3.63, 3.8) is 0 Å². The normalized spacial score (nSPS) is 13.4. The molecule has 0 fully saturated rings. The molecule has 0 bridgehead atoms. The van der Waals surface area contributed by atoms with Gasteiger partial charge in [0.25, 0.3) is 0 Å². The highest BCUT2D eigenvalue weighted by Crippen LogP contribution is 2.31. The zero-order valence-electron chi connectivity index (χ0n) is 15.5. The molecule has 0 unspecified atom stereocenters. The molecule has 0 radical (unpaired) electrons. The van der Waals surface area contributed by atoms with E-state index in [2.05, 4.69) is 5.32 Å². The Balaban J connectivity index is 1.68. The predicted molar refractivity (Wildman–Crippen MR) is 105 cm³/mol. The highest BCUT2D eigenvalue weighted by atomic mass is 16.2. The summed E-state index contributed by atoms with van der Waals surface area (Å²) in [5, 5.41) is 2.97. The summed E-state index contributed by atoms with van der Waals surface area (Å²) in [5.41, 5.74) is 4.02. The third kappa shape index (κ3) is 4.31. The topological polar surface area (TPSA) is 49.4 Å². The van der Waals surface area contributed by atoms with Gasteiger partial charge in [-0.15, -0.1) is 0 Å². The Morgan fingerprint density at radius 2 is 1.88 bits per heavy atom. The molecule has 1 heterocycles. The average Bonchev–Trinajstić information content (AvgIpc) is 2.66. The largest absolute Gasteiger partial charge is 0.326 e. The lowest BCUT2D eigenvalue weighted by molar-refractivity contribution is -0.121. The third-order valence-electron chi connectivity index (χ3n) is 4.73. The molecule has 1 aliphatic heterocycles. The van der Waals surface area contributed by atoms with E-state index in [0.29, 0.717) is 6.42 Å². The smallest absolute Gasteiger partial charge is 0.229 e. The summed E-state index contributed by atoms with van der Waals surface area (Å²) in [7, 11) is 0. The Hall–Kier alpha value is -2.62. The van der Waals surface area contributed by atoms with Gasteiger partial charge in [-0.05, 0) is 42.5 Å². The summed E-state index contributed by atoms with van der Waals surface area (Å²) in [4.78, 5) is 26.6. The van der Waals surface area contributed by atoms with Gasteiger partial charge < -0.3 is 10.2 Å². The molecule has 2 aromatic rings. The number of nitrogens with zero attached hydrogens (tertiary/aromatic N) is 1. The van der Waals surface area contributed by atoms with Crippen molar-refractivity contribution in [1.29, 1.82) is 0 Å². The molecule has 136 valence electrons. The zero-order valence-corrected chi connectivity index (χ0v) is 15.5. The van der Waals surface area contributed by atoms with E-state index < -0.39 is 0 Å². The van der Waals surface area contributed by atoms with Gasteiger partial charge in [-0.1, -0.05) is 50.2 Å². The monoisotopic (exact) mass is 350 g/mol. The SMILES string of the molecule is CC(C)C(=O)N1CCCc2ccc(NC(=O)CCc3ccccc3)cc21. The van der Waals surface area contributed by atoms with Crippen LogP contribution in [0.3, 0.4) is 0 Å². The summed E-state index contributed by atoms with van der Waals surface area (Å²) in [6.45, 7) is 4.59. The summed E-state index contributed by atoms with van der Waals surface area (Å²) in [6, 6.07) is 15.9. The maximum Gasteiger partial charge on any atom is 0.229 e. The van der Waals surface area contributed by atoms with Crippen molar-refractivity contribution in [2.45, 2.75) is 39.5 Å². The van der Waals surface area contributed by atoms with Crippen LogP contribution >= 0.6 is 0 Å². The van der Waals surface area contributed by atoms with Crippen LogP contribution in [-0.4, -0.2) is 18.4 Å². The minimum absolute atomic E-state index is 0.00801. The lowest BCUT2D eigenvalue weighted by Gasteiger charge is -2.31. The number of benzene rings is 2. The van der Waals surface area contributed by atoms with Crippen LogP contribution in [0.1, 0.15) is 37.8 Å². The van der Waals surface area contributed by atoms with Crippen LogP contribution in [0.15, 0.2) is 48.5 Å². The quantitative estimate of drug-likeness (QED) is 0.879. The Kier molecular flexibility index (Phi) is 5.71. The number of aryl methyl sites for hydroxylation is 2. The number of carbonyl (C=O) groups excluding carboxylic acids is 2. The van der Waals surface area contributed by atoms with Gasteiger partial charge in [0.1, 0.15) is 0 Å². The lowest BCUT2D eigenvalue weighted by Crippen LogP contribution is -2.38. The Morgan fingerprint density at radius 1 is 1.12 bits per heavy atom. The Bertz CT molecular complexity index is 784. The first-order valence-corrected chi connectivity index (χ1v) is 9.32. The van der Waals surface area contributed by atoms with Crippen molar-refractivity contribution in [2.24, 2.45) is 5.92 Å². The second kappa shape index (κ2) is 8.17. The number of anilines is 2. The molecule has 0 saturated carbocycles. The number of nitrogens with one attached hydrogen (secondary N) is 1. The van der Waals surface area contributed by atoms with E-state index in [-0.39, 0.29) is 17.7 Å². The molecule has 1 aliphatic rings. The maximum atomic E-state index is 12.5. The van der Waals surface area contributed by atoms with Gasteiger partial charge in [0, 0.05) is 30.3 Å². The van der Waals surface area contributed by atoms with Crippen molar-refractivity contribution < 1.29 is 9.59 Å². The third-order valence-corrected chi connectivity index (χ3v) is 4.73. The number of hydrogen-bond acceptors (Lipinski definition) is 2. The maximum absolute atomic E-state index is 12.5. The fraction of sp³-hybridized carbons (Fsp3) is 0.364. The van der Waals surface area contributed by atoms with Crippen molar-refractivity contribution in [2.75, 3.05) is 16.8 Å². The second-order valence-electron chi connectivity index (χ2n) is 7.13. The van der Waals surface area contributed by atoms with Crippen LogP contribution in [0, 0.1) is 5.92 Å². The van der Waals surface area contributed by atoms with E-state index in [1.165, 1.54) is 5.56 Å². The predicted octanol–water partition coefficient (Wildman–Crippen LogP) is 4.19. The van der Waals surface area contributed by atoms with Gasteiger partial charge in [-0.3, -0.25) is 9.59 Å². The van der Waals surface area contributed by atoms with Gasteiger partial charge in [0.2, 0.25) is 11.8 Å². The minimum Gasteiger partial charge on any atom is -0.326 e. The molecule has 2 amide bonds. The first kappa shape index (κ1) is 18.2. The number of amides is 2. The fourth-order valence-corrected chi connectivity index (χ4v) is 3.32. The number of carbonyl (C=O) groups is 2. The summed E-state index contributed by atoms with van der Waals surface area (Å²) < 4.78 is 0. The second-order valence-corrected chi connectivity index (χ2v) is 7.13. The van der Waals surface area contributed by atoms with Gasteiger partial charge in [0.15, 0.2) is 0 Å². The molecule has 0 aromatic heterocycles. The van der Waals surface area contributed by atoms with E-state index in [9.17, 15) is 9.59 Å². The summed E-state index contributed by atoms with van der Waals surface area (Å²) >= 11 is 0. The van der Waals surface area contributed by atoms with Gasteiger partial charge in [0.05, 0.1) is 0 Å². The standard InChI is InChI=1S/C22H26N2O2/c1-16(2)22(26)24-14-6-9-18-11-12-19(15-20(18)24)23-21(25)13-10-17-7-4-3-5-8-17/h3-5,7-8,11-12,15-16H,6,9-10,13-14H2,1-2H3,(H,23,25). The van der Waals surface area contributed by atoms with E-state index in [1.807, 2.05) is 67.3 Å². The van der Waals surface area contributed by atoms with Crippen molar-refractivity contribution >= 4 is 23.2 Å². The molecule has 0 aliphatic carbocycles. The molecular formula is C22H26N2O2. The zero-order chi connectivity index (χ0) is 18.5. The number of hydrogen-bond donors (Lipinski definition) is 1. The first-order valence-electron chi connectivity index (χ1n) is 9.32. The molecule has 4 heteroatoms. The van der Waals surface area contributed by atoms with E-state index in [0.717, 1.165) is 42.7 Å². The first-order chi connectivity index (χ1) is 12.5.